The Balaban J connectivity index is 1.85. The molecule has 5 nitrogen and oxygen atoms in total. The quantitative estimate of drug-likeness (QED) is 0.744. The van der Waals surface area contributed by atoms with E-state index in [0.29, 0.717) is 5.56 Å². The third kappa shape index (κ3) is 3.59. The maximum Gasteiger partial charge on any atom is 0.253 e. The smallest absolute Gasteiger partial charge is 0.253 e. The molecule has 0 saturated carbocycles. The Morgan fingerprint density at radius 3 is 2.42 bits per heavy atom. The van der Waals surface area contributed by atoms with Crippen molar-refractivity contribution < 1.29 is 9.18 Å². The average Bonchev–Trinajstić information content (AvgIpc) is 3.03. The number of benzene rings is 1. The van der Waals surface area contributed by atoms with Gasteiger partial charge in [0.05, 0.1) is 17.8 Å². The lowest BCUT2D eigenvalue weighted by molar-refractivity contribution is 0.0925. The number of rotatable bonds is 5. The number of pyridine rings is 1. The minimum atomic E-state index is -0.292. The maximum atomic E-state index is 13.2. The summed E-state index contributed by atoms with van der Waals surface area (Å²) in [6.45, 7) is 8.10. The van der Waals surface area contributed by atoms with E-state index >= 15 is 0 Å². The summed E-state index contributed by atoms with van der Waals surface area (Å²) in [6, 6.07) is 8.00. The topological polar surface area (TPSA) is 59.8 Å². The van der Waals surface area contributed by atoms with E-state index < -0.39 is 0 Å². The molecule has 1 N–H and O–H groups in total. The van der Waals surface area contributed by atoms with Gasteiger partial charge in [-0.25, -0.2) is 14.1 Å². The zero-order valence-electron chi connectivity index (χ0n) is 15.4. The third-order valence-electron chi connectivity index (χ3n) is 4.37. The van der Waals surface area contributed by atoms with Gasteiger partial charge in [-0.15, -0.1) is 0 Å². The van der Waals surface area contributed by atoms with Gasteiger partial charge in [0.25, 0.3) is 5.91 Å². The monoisotopic (exact) mass is 354 g/mol. The van der Waals surface area contributed by atoms with Crippen LogP contribution in [0.4, 0.5) is 4.39 Å². The number of amides is 1. The van der Waals surface area contributed by atoms with Gasteiger partial charge in [-0.1, -0.05) is 26.0 Å². The van der Waals surface area contributed by atoms with E-state index in [0.717, 1.165) is 16.6 Å². The number of hydrogen-bond donors (Lipinski definition) is 1. The number of fused-ring (bicyclic) bond motifs is 1. The van der Waals surface area contributed by atoms with Crippen molar-refractivity contribution in [3.8, 4) is 0 Å². The summed E-state index contributed by atoms with van der Waals surface area (Å²) < 4.78 is 15.0. The molecule has 0 aliphatic rings. The van der Waals surface area contributed by atoms with Gasteiger partial charge >= 0.3 is 0 Å². The van der Waals surface area contributed by atoms with E-state index in [1.165, 1.54) is 12.1 Å². The number of nitrogens with zero attached hydrogens (tertiary/aromatic N) is 3. The summed E-state index contributed by atoms with van der Waals surface area (Å²) in [5.41, 5.74) is 2.11. The van der Waals surface area contributed by atoms with E-state index in [9.17, 15) is 9.18 Å². The van der Waals surface area contributed by atoms with E-state index in [1.807, 2.05) is 32.4 Å². The Kier molecular flexibility index (Phi) is 5.02. The number of carbonyl (C=O) groups excluding carboxylic acids is 1. The Bertz CT molecular complexity index is 915. The highest BCUT2D eigenvalue weighted by atomic mass is 19.1. The van der Waals surface area contributed by atoms with Crippen molar-refractivity contribution in [3.63, 3.8) is 0 Å². The van der Waals surface area contributed by atoms with E-state index in [2.05, 4.69) is 15.4 Å². The van der Waals surface area contributed by atoms with Gasteiger partial charge in [0.2, 0.25) is 0 Å². The molecule has 0 spiro atoms. The molecule has 26 heavy (non-hydrogen) atoms. The summed E-state index contributed by atoms with van der Waals surface area (Å²) in [5.74, 6) is -0.344. The van der Waals surface area contributed by atoms with E-state index in [-0.39, 0.29) is 29.7 Å². The van der Waals surface area contributed by atoms with Crippen LogP contribution in [0.1, 0.15) is 55.7 Å². The molecule has 2 aromatic heterocycles. The van der Waals surface area contributed by atoms with Crippen molar-refractivity contribution in [2.24, 2.45) is 5.92 Å². The fourth-order valence-corrected chi connectivity index (χ4v) is 2.97. The lowest BCUT2D eigenvalue weighted by atomic mass is 9.95. The zero-order chi connectivity index (χ0) is 18.8. The second-order valence-electron chi connectivity index (χ2n) is 7.07. The van der Waals surface area contributed by atoms with Gasteiger partial charge in [0.1, 0.15) is 5.82 Å². The predicted octanol–water partition coefficient (Wildman–Crippen LogP) is 4.28. The van der Waals surface area contributed by atoms with Crippen molar-refractivity contribution in [2.45, 2.75) is 39.8 Å². The maximum absolute atomic E-state index is 13.2. The number of hydrogen-bond acceptors (Lipinski definition) is 3. The summed E-state index contributed by atoms with van der Waals surface area (Å²) in [6.07, 6.45) is 3.29. The Morgan fingerprint density at radius 2 is 1.81 bits per heavy atom. The molecule has 0 aliphatic heterocycles. The molecule has 0 fully saturated rings. The normalized spacial score (nSPS) is 12.7. The summed E-state index contributed by atoms with van der Waals surface area (Å²) >= 11 is 0. The molecular formula is C20H23FN4O. The molecule has 1 atom stereocenters. The number of carbonyl (C=O) groups is 1. The van der Waals surface area contributed by atoms with Gasteiger partial charge in [-0.2, -0.15) is 5.10 Å². The third-order valence-corrected chi connectivity index (χ3v) is 4.37. The molecule has 0 radical (unpaired) electrons. The Labute approximate surface area is 152 Å². The van der Waals surface area contributed by atoms with Gasteiger partial charge in [-0.3, -0.25) is 4.79 Å². The predicted molar refractivity (Wildman–Crippen MR) is 99.4 cm³/mol. The number of halogens is 1. The van der Waals surface area contributed by atoms with Gasteiger partial charge < -0.3 is 5.32 Å². The molecule has 0 aliphatic carbocycles. The van der Waals surface area contributed by atoms with Crippen LogP contribution in [0.25, 0.3) is 11.0 Å². The molecule has 0 saturated heterocycles. The molecule has 3 rings (SSSR count). The van der Waals surface area contributed by atoms with Crippen molar-refractivity contribution >= 4 is 16.9 Å². The molecule has 0 bridgehead atoms. The summed E-state index contributed by atoms with van der Waals surface area (Å²) in [4.78, 5) is 17.1. The fraction of sp³-hybridized carbons (Fsp3) is 0.350. The zero-order valence-corrected chi connectivity index (χ0v) is 15.4. The molecule has 2 heterocycles. The molecule has 136 valence electrons. The van der Waals surface area contributed by atoms with Crippen LogP contribution in [0, 0.1) is 11.7 Å². The average molecular weight is 354 g/mol. The molecule has 6 heteroatoms. The molecule has 3 aromatic rings. The number of nitrogens with one attached hydrogen (secondary N) is 1. The molecule has 1 aromatic carbocycles. The molecular weight excluding hydrogens is 331 g/mol. The molecule has 1 amide bonds. The van der Waals surface area contributed by atoms with Crippen molar-refractivity contribution in [1.29, 1.82) is 0 Å². The van der Waals surface area contributed by atoms with Crippen LogP contribution in [0.2, 0.25) is 0 Å². The Morgan fingerprint density at radius 1 is 1.12 bits per heavy atom. The van der Waals surface area contributed by atoms with Crippen LogP contribution in [0.15, 0.2) is 42.7 Å². The highest BCUT2D eigenvalue weighted by Crippen LogP contribution is 2.23. The van der Waals surface area contributed by atoms with Crippen LogP contribution >= 0.6 is 0 Å². The lowest BCUT2D eigenvalue weighted by Crippen LogP contribution is -2.31. The van der Waals surface area contributed by atoms with Crippen molar-refractivity contribution in [3.05, 3.63) is 59.7 Å². The van der Waals surface area contributed by atoms with Gasteiger partial charge in [0.15, 0.2) is 5.65 Å². The SMILES string of the molecule is CC(C)[C@H](NC(=O)c1cnc2c(cnn2C(C)C)c1)c1ccc(F)cc1. The van der Waals surface area contributed by atoms with Crippen LogP contribution in [-0.2, 0) is 0 Å². The largest absolute Gasteiger partial charge is 0.345 e. The first-order valence-corrected chi connectivity index (χ1v) is 8.76. The highest BCUT2D eigenvalue weighted by molar-refractivity contribution is 5.97. The first-order chi connectivity index (χ1) is 12.4. The van der Waals surface area contributed by atoms with Crippen LogP contribution in [0.3, 0.4) is 0 Å². The first kappa shape index (κ1) is 18.0. The van der Waals surface area contributed by atoms with Crippen molar-refractivity contribution in [1.82, 2.24) is 20.1 Å². The number of aromatic nitrogens is 3. The molecule has 0 unspecified atom stereocenters. The lowest BCUT2D eigenvalue weighted by Gasteiger charge is -2.23. The van der Waals surface area contributed by atoms with Crippen LogP contribution < -0.4 is 5.32 Å². The Hall–Kier alpha value is -2.76. The standard InChI is InChI=1S/C20H23FN4O/c1-12(2)18(14-5-7-17(21)8-6-14)24-20(26)16-9-15-11-23-25(13(3)4)19(15)22-10-16/h5-13,18H,1-4H3,(H,24,26)/t18-/m0/s1. The summed E-state index contributed by atoms with van der Waals surface area (Å²) in [7, 11) is 0. The van der Waals surface area contributed by atoms with Crippen molar-refractivity contribution in [2.75, 3.05) is 0 Å². The first-order valence-electron chi connectivity index (χ1n) is 8.76. The fourth-order valence-electron chi connectivity index (χ4n) is 2.97. The van der Waals surface area contributed by atoms with Crippen LogP contribution in [0.5, 0.6) is 0 Å². The highest BCUT2D eigenvalue weighted by Gasteiger charge is 2.20. The minimum absolute atomic E-state index is 0.157. The second-order valence-corrected chi connectivity index (χ2v) is 7.07. The second kappa shape index (κ2) is 7.23. The van der Waals surface area contributed by atoms with Gasteiger partial charge in [-0.05, 0) is 43.5 Å². The van der Waals surface area contributed by atoms with Gasteiger partial charge in [0, 0.05) is 17.6 Å². The van der Waals surface area contributed by atoms with E-state index in [4.69, 9.17) is 0 Å². The van der Waals surface area contributed by atoms with Crippen LogP contribution in [-0.4, -0.2) is 20.7 Å². The minimum Gasteiger partial charge on any atom is -0.345 e. The van der Waals surface area contributed by atoms with E-state index in [1.54, 1.807) is 30.6 Å². The summed E-state index contributed by atoms with van der Waals surface area (Å²) in [5, 5.41) is 8.19.